The average Bonchev–Trinajstić information content (AvgIpc) is 3.31. The van der Waals surface area contributed by atoms with Gasteiger partial charge >= 0.3 is 0 Å². The standard InChI is InChI=1S/C24H25N3O4/c1-15(2)31-12-6-11-27-21(16-7-5-10-25-13-16)20(23(29)24(27)30)22(28)18-14-26-19-9-4-3-8-17(18)19/h3-5,7-10,13-15,21,26,28H,6,11-12H2,1-2H3/b22-20-. The van der Waals surface area contributed by atoms with Crippen LogP contribution in [-0.2, 0) is 14.3 Å². The molecule has 1 aliphatic heterocycles. The van der Waals surface area contributed by atoms with Crippen LogP contribution in [0.15, 0.2) is 60.6 Å². The number of fused-ring (bicyclic) bond motifs is 1. The highest BCUT2D eigenvalue weighted by Crippen LogP contribution is 2.40. The Bertz CT molecular complexity index is 1130. The van der Waals surface area contributed by atoms with Crippen LogP contribution in [0.2, 0.25) is 0 Å². The van der Waals surface area contributed by atoms with Gasteiger partial charge in [-0.2, -0.15) is 0 Å². The number of carbonyl (C=O) groups is 2. The van der Waals surface area contributed by atoms with E-state index in [1.165, 1.54) is 4.90 Å². The van der Waals surface area contributed by atoms with E-state index in [1.807, 2.05) is 44.2 Å². The maximum atomic E-state index is 13.0. The Kier molecular flexibility index (Phi) is 5.86. The summed E-state index contributed by atoms with van der Waals surface area (Å²) < 4.78 is 5.59. The number of aliphatic hydroxyl groups excluding tert-OH is 1. The van der Waals surface area contributed by atoms with E-state index in [9.17, 15) is 14.7 Å². The number of likely N-dealkylation sites (tertiary alicyclic amines) is 1. The Balaban J connectivity index is 1.77. The van der Waals surface area contributed by atoms with Crippen molar-refractivity contribution in [1.82, 2.24) is 14.9 Å². The smallest absolute Gasteiger partial charge is 0.295 e. The summed E-state index contributed by atoms with van der Waals surface area (Å²) in [6.45, 7) is 4.70. The summed E-state index contributed by atoms with van der Waals surface area (Å²) in [4.78, 5) is 34.7. The number of ketones is 1. The predicted octanol–water partition coefficient (Wildman–Crippen LogP) is 3.80. The van der Waals surface area contributed by atoms with Crippen molar-refractivity contribution in [2.45, 2.75) is 32.4 Å². The molecule has 160 valence electrons. The molecule has 1 unspecified atom stereocenters. The molecule has 3 heterocycles. The van der Waals surface area contributed by atoms with E-state index < -0.39 is 17.7 Å². The van der Waals surface area contributed by atoms with Crippen LogP contribution in [0.5, 0.6) is 0 Å². The number of pyridine rings is 1. The molecule has 0 radical (unpaired) electrons. The maximum absolute atomic E-state index is 13.0. The van der Waals surface area contributed by atoms with Crippen molar-refractivity contribution in [2.75, 3.05) is 13.2 Å². The lowest BCUT2D eigenvalue weighted by Gasteiger charge is -2.25. The first-order valence-corrected chi connectivity index (χ1v) is 10.4. The first kappa shape index (κ1) is 20.8. The Hall–Kier alpha value is -3.45. The van der Waals surface area contributed by atoms with Gasteiger partial charge in [0.15, 0.2) is 0 Å². The van der Waals surface area contributed by atoms with Crippen LogP contribution in [0.25, 0.3) is 16.7 Å². The molecule has 7 nitrogen and oxygen atoms in total. The van der Waals surface area contributed by atoms with Gasteiger partial charge in [-0.3, -0.25) is 14.6 Å². The zero-order valence-electron chi connectivity index (χ0n) is 17.5. The number of hydrogen-bond donors (Lipinski definition) is 2. The van der Waals surface area contributed by atoms with Gasteiger partial charge in [0.25, 0.3) is 11.7 Å². The number of benzene rings is 1. The number of para-hydroxylation sites is 1. The number of aromatic nitrogens is 2. The molecule has 2 N–H and O–H groups in total. The molecule has 0 spiro atoms. The molecule has 1 aromatic carbocycles. The van der Waals surface area contributed by atoms with E-state index in [0.29, 0.717) is 30.7 Å². The van der Waals surface area contributed by atoms with Gasteiger partial charge in [0.1, 0.15) is 5.76 Å². The van der Waals surface area contributed by atoms with Crippen LogP contribution < -0.4 is 0 Å². The SMILES string of the molecule is CC(C)OCCCN1C(=O)C(=O)/C(=C(\O)c2c[nH]c3ccccc23)C1c1cccnc1. The summed E-state index contributed by atoms with van der Waals surface area (Å²) in [6, 6.07) is 10.3. The zero-order valence-corrected chi connectivity index (χ0v) is 17.5. The number of H-pyrrole nitrogens is 1. The molecule has 7 heteroatoms. The second-order valence-electron chi connectivity index (χ2n) is 7.80. The second kappa shape index (κ2) is 8.73. The van der Waals surface area contributed by atoms with Gasteiger partial charge in [0.05, 0.1) is 17.7 Å². The number of nitrogens with one attached hydrogen (secondary N) is 1. The monoisotopic (exact) mass is 419 g/mol. The number of ether oxygens (including phenoxy) is 1. The minimum absolute atomic E-state index is 0.0764. The van der Waals surface area contributed by atoms with Gasteiger partial charge < -0.3 is 19.7 Å². The predicted molar refractivity (Wildman–Crippen MR) is 117 cm³/mol. The van der Waals surface area contributed by atoms with Crippen LogP contribution in [-0.4, -0.2) is 50.9 Å². The van der Waals surface area contributed by atoms with Crippen LogP contribution in [0, 0.1) is 0 Å². The maximum Gasteiger partial charge on any atom is 0.295 e. The van der Waals surface area contributed by atoms with Crippen LogP contribution >= 0.6 is 0 Å². The molecular weight excluding hydrogens is 394 g/mol. The molecule has 0 saturated carbocycles. The number of aliphatic hydroxyl groups is 1. The molecule has 4 rings (SSSR count). The fourth-order valence-electron chi connectivity index (χ4n) is 3.96. The highest BCUT2D eigenvalue weighted by molar-refractivity contribution is 6.46. The van der Waals surface area contributed by atoms with Crippen molar-refractivity contribution in [3.63, 3.8) is 0 Å². The largest absolute Gasteiger partial charge is 0.507 e. The summed E-state index contributed by atoms with van der Waals surface area (Å²) in [7, 11) is 0. The lowest BCUT2D eigenvalue weighted by Crippen LogP contribution is -2.31. The van der Waals surface area contributed by atoms with E-state index in [0.717, 1.165) is 10.9 Å². The number of carbonyl (C=O) groups excluding carboxylic acids is 2. The van der Waals surface area contributed by atoms with Gasteiger partial charge in [-0.25, -0.2) is 0 Å². The number of nitrogens with zero attached hydrogens (tertiary/aromatic N) is 2. The van der Waals surface area contributed by atoms with Crippen molar-refractivity contribution in [3.05, 3.63) is 71.7 Å². The molecule has 1 aliphatic rings. The highest BCUT2D eigenvalue weighted by Gasteiger charge is 2.46. The fourth-order valence-corrected chi connectivity index (χ4v) is 3.96. The summed E-state index contributed by atoms with van der Waals surface area (Å²) in [5.74, 6) is -1.51. The van der Waals surface area contributed by atoms with Gasteiger partial charge in [-0.15, -0.1) is 0 Å². The number of rotatable bonds is 7. The average molecular weight is 419 g/mol. The molecule has 31 heavy (non-hydrogen) atoms. The lowest BCUT2D eigenvalue weighted by molar-refractivity contribution is -0.140. The number of Topliss-reactive ketones (excluding diaryl/α,β-unsaturated/α-hetero) is 1. The highest BCUT2D eigenvalue weighted by atomic mass is 16.5. The summed E-state index contributed by atoms with van der Waals surface area (Å²) in [5, 5.41) is 12.0. The van der Waals surface area contributed by atoms with Crippen LogP contribution in [0.3, 0.4) is 0 Å². The second-order valence-corrected chi connectivity index (χ2v) is 7.80. The van der Waals surface area contributed by atoms with E-state index in [-0.39, 0.29) is 17.4 Å². The van der Waals surface area contributed by atoms with E-state index in [1.54, 1.807) is 24.7 Å². The molecule has 0 bridgehead atoms. The van der Waals surface area contributed by atoms with E-state index in [4.69, 9.17) is 4.74 Å². The Morgan fingerprint density at radius 1 is 1.23 bits per heavy atom. The molecule has 0 aliphatic carbocycles. The fraction of sp³-hybridized carbons (Fsp3) is 0.292. The summed E-state index contributed by atoms with van der Waals surface area (Å²) in [5.41, 5.74) is 2.08. The van der Waals surface area contributed by atoms with Gasteiger partial charge in [-0.1, -0.05) is 24.3 Å². The summed E-state index contributed by atoms with van der Waals surface area (Å²) >= 11 is 0. The molecule has 1 atom stereocenters. The van der Waals surface area contributed by atoms with Crippen molar-refractivity contribution in [1.29, 1.82) is 0 Å². The molecule has 2 aromatic heterocycles. The quantitative estimate of drug-likeness (QED) is 0.263. The molecule has 1 fully saturated rings. The Labute approximate surface area is 180 Å². The van der Waals surface area contributed by atoms with Crippen molar-refractivity contribution < 1.29 is 19.4 Å². The summed E-state index contributed by atoms with van der Waals surface area (Å²) in [6.07, 6.45) is 5.58. The van der Waals surface area contributed by atoms with Crippen LogP contribution in [0.1, 0.15) is 37.4 Å². The van der Waals surface area contributed by atoms with E-state index in [2.05, 4.69) is 9.97 Å². The zero-order chi connectivity index (χ0) is 22.0. The van der Waals surface area contributed by atoms with Crippen molar-refractivity contribution in [2.24, 2.45) is 0 Å². The minimum atomic E-state index is -0.707. The van der Waals surface area contributed by atoms with E-state index >= 15 is 0 Å². The first-order chi connectivity index (χ1) is 15.0. The van der Waals surface area contributed by atoms with Gasteiger partial charge in [0.2, 0.25) is 0 Å². The van der Waals surface area contributed by atoms with Gasteiger partial charge in [-0.05, 0) is 38.0 Å². The molecular formula is C24H25N3O4. The van der Waals surface area contributed by atoms with Crippen molar-refractivity contribution in [3.8, 4) is 0 Å². The van der Waals surface area contributed by atoms with Crippen molar-refractivity contribution >= 4 is 28.4 Å². The number of amides is 1. The van der Waals surface area contributed by atoms with Gasteiger partial charge in [0, 0.05) is 48.2 Å². The number of hydrogen-bond acceptors (Lipinski definition) is 5. The third-order valence-electron chi connectivity index (χ3n) is 5.38. The normalized spacial score (nSPS) is 18.4. The molecule has 1 amide bonds. The molecule has 1 saturated heterocycles. The third kappa shape index (κ3) is 3.96. The Morgan fingerprint density at radius 2 is 2.03 bits per heavy atom. The lowest BCUT2D eigenvalue weighted by atomic mass is 9.96. The minimum Gasteiger partial charge on any atom is -0.507 e. The first-order valence-electron chi connectivity index (χ1n) is 10.4. The Morgan fingerprint density at radius 3 is 2.77 bits per heavy atom. The third-order valence-corrected chi connectivity index (χ3v) is 5.38. The number of aromatic amines is 1. The molecule has 3 aromatic rings. The topological polar surface area (TPSA) is 95.5 Å². The van der Waals surface area contributed by atoms with Crippen LogP contribution in [0.4, 0.5) is 0 Å².